The Hall–Kier alpha value is -0.490. The average Bonchev–Trinajstić information content (AvgIpc) is 2.56. The molecule has 0 aliphatic heterocycles. The molecule has 1 heterocycles. The molecule has 0 aliphatic rings. The summed E-state index contributed by atoms with van der Waals surface area (Å²) >= 11 is 7.23. The Kier molecular flexibility index (Phi) is 5.50. The molecule has 19 heavy (non-hydrogen) atoms. The van der Waals surface area contributed by atoms with Gasteiger partial charge in [-0.25, -0.2) is 8.42 Å². The minimum Gasteiger partial charge on any atom is -0.481 e. The fraction of sp³-hybridized carbons (Fsp3) is 0.250. The van der Waals surface area contributed by atoms with E-state index in [1.807, 2.05) is 4.72 Å². The molecule has 0 saturated heterocycles. The molecule has 0 aliphatic carbocycles. The van der Waals surface area contributed by atoms with Crippen LogP contribution in [0.1, 0.15) is 6.42 Å². The molecular weight excluding hydrogens is 430 g/mol. The molecule has 0 unspecified atom stereocenters. The van der Waals surface area contributed by atoms with Gasteiger partial charge < -0.3 is 10.2 Å². The van der Waals surface area contributed by atoms with Crippen LogP contribution in [0.4, 0.5) is 0 Å². The number of sulfonamides is 1. The Morgan fingerprint density at radius 1 is 1.37 bits per heavy atom. The van der Waals surface area contributed by atoms with E-state index in [1.165, 1.54) is 6.07 Å². The summed E-state index contributed by atoms with van der Waals surface area (Å²) < 4.78 is 26.6. The van der Waals surface area contributed by atoms with Crippen molar-refractivity contribution in [1.82, 2.24) is 4.72 Å². The van der Waals surface area contributed by atoms with E-state index in [0.717, 1.165) is 11.3 Å². The molecule has 0 saturated carbocycles. The first-order valence-corrected chi connectivity index (χ1v) is 8.44. The molecule has 3 N–H and O–H groups in total. The molecule has 1 aromatic rings. The molecule has 106 valence electrons. The van der Waals surface area contributed by atoms with Gasteiger partial charge >= 0.3 is 11.9 Å². The summed E-state index contributed by atoms with van der Waals surface area (Å²) in [5.74, 6) is -2.97. The molecule has 0 fully saturated rings. The van der Waals surface area contributed by atoms with Crippen molar-refractivity contribution >= 4 is 65.2 Å². The number of hydrogen-bond donors (Lipinski definition) is 3. The van der Waals surface area contributed by atoms with E-state index in [4.69, 9.17) is 10.2 Å². The van der Waals surface area contributed by atoms with Gasteiger partial charge in [-0.15, -0.1) is 11.3 Å². The van der Waals surface area contributed by atoms with Gasteiger partial charge in [0.25, 0.3) is 0 Å². The maximum atomic E-state index is 12.0. The van der Waals surface area contributed by atoms with Gasteiger partial charge in [-0.3, -0.25) is 9.59 Å². The zero-order valence-electron chi connectivity index (χ0n) is 8.96. The molecule has 0 aromatic carbocycles. The highest BCUT2D eigenvalue weighted by Gasteiger charge is 2.29. The first-order chi connectivity index (χ1) is 8.63. The van der Waals surface area contributed by atoms with Crippen LogP contribution in [-0.4, -0.2) is 36.6 Å². The largest absolute Gasteiger partial charge is 0.481 e. The third-order valence-corrected chi connectivity index (χ3v) is 6.12. The monoisotopic (exact) mass is 435 g/mol. The van der Waals surface area contributed by atoms with E-state index in [0.29, 0.717) is 3.79 Å². The van der Waals surface area contributed by atoms with Crippen LogP contribution < -0.4 is 4.72 Å². The fourth-order valence-electron chi connectivity index (χ4n) is 1.11. The van der Waals surface area contributed by atoms with Gasteiger partial charge in [-0.05, 0) is 37.9 Å². The van der Waals surface area contributed by atoms with Crippen LogP contribution in [0, 0.1) is 0 Å². The number of nitrogens with one attached hydrogen (secondary N) is 1. The average molecular weight is 437 g/mol. The molecular formula is C8H7Br2NO6S2. The Morgan fingerprint density at radius 3 is 2.32 bits per heavy atom. The van der Waals surface area contributed by atoms with Crippen molar-refractivity contribution in [2.45, 2.75) is 17.4 Å². The Bertz CT molecular complexity index is 611. The van der Waals surface area contributed by atoms with Gasteiger partial charge in [0.15, 0.2) is 0 Å². The Balaban J connectivity index is 3.04. The van der Waals surface area contributed by atoms with E-state index in [2.05, 4.69) is 31.9 Å². The lowest BCUT2D eigenvalue weighted by Crippen LogP contribution is -2.42. The van der Waals surface area contributed by atoms with Gasteiger partial charge in [0.2, 0.25) is 10.0 Å². The molecule has 7 nitrogen and oxygen atoms in total. The minimum atomic E-state index is -4.12. The van der Waals surface area contributed by atoms with Crippen molar-refractivity contribution in [1.29, 1.82) is 0 Å². The van der Waals surface area contributed by atoms with Crippen LogP contribution in [0.25, 0.3) is 0 Å². The second kappa shape index (κ2) is 6.31. The number of carbonyl (C=O) groups is 2. The van der Waals surface area contributed by atoms with Crippen LogP contribution in [0.2, 0.25) is 0 Å². The summed E-state index contributed by atoms with van der Waals surface area (Å²) in [5.41, 5.74) is 0. The van der Waals surface area contributed by atoms with Crippen molar-refractivity contribution < 1.29 is 28.2 Å². The van der Waals surface area contributed by atoms with Crippen molar-refractivity contribution in [2.75, 3.05) is 0 Å². The summed E-state index contributed by atoms with van der Waals surface area (Å²) in [5, 5.41) is 17.3. The maximum Gasteiger partial charge on any atom is 0.322 e. The predicted molar refractivity (Wildman–Crippen MR) is 73.7 cm³/mol. The van der Waals surface area contributed by atoms with E-state index in [-0.39, 0.29) is 8.68 Å². The van der Waals surface area contributed by atoms with Crippen LogP contribution in [0.5, 0.6) is 0 Å². The van der Waals surface area contributed by atoms with Crippen molar-refractivity contribution in [3.63, 3.8) is 0 Å². The Labute approximate surface area is 128 Å². The molecule has 11 heteroatoms. The normalized spacial score (nSPS) is 13.2. The number of halogens is 2. The third-order valence-electron chi connectivity index (χ3n) is 1.89. The summed E-state index contributed by atoms with van der Waals surface area (Å²) in [6.45, 7) is 0. The molecule has 0 spiro atoms. The molecule has 0 amide bonds. The quantitative estimate of drug-likeness (QED) is 0.620. The maximum absolute atomic E-state index is 12.0. The smallest absolute Gasteiger partial charge is 0.322 e. The van der Waals surface area contributed by atoms with Gasteiger partial charge in [0.1, 0.15) is 10.9 Å². The molecule has 0 bridgehead atoms. The Morgan fingerprint density at radius 2 is 1.95 bits per heavy atom. The molecule has 1 rings (SSSR count). The lowest BCUT2D eigenvalue weighted by atomic mass is 10.2. The van der Waals surface area contributed by atoms with Crippen LogP contribution in [0.3, 0.4) is 0 Å². The first kappa shape index (κ1) is 16.6. The number of thiophene rings is 1. The lowest BCUT2D eigenvalue weighted by molar-refractivity contribution is -0.145. The van der Waals surface area contributed by atoms with E-state index in [1.54, 1.807) is 0 Å². The number of carboxylic acid groups (broad SMARTS) is 2. The summed E-state index contributed by atoms with van der Waals surface area (Å²) in [4.78, 5) is 21.2. The van der Waals surface area contributed by atoms with Crippen molar-refractivity contribution in [2.24, 2.45) is 0 Å². The van der Waals surface area contributed by atoms with Gasteiger partial charge in [0, 0.05) is 0 Å². The van der Waals surface area contributed by atoms with Gasteiger partial charge in [-0.1, -0.05) is 0 Å². The topological polar surface area (TPSA) is 121 Å². The number of aliphatic carboxylic acids is 2. The summed E-state index contributed by atoms with van der Waals surface area (Å²) in [7, 11) is -4.12. The van der Waals surface area contributed by atoms with E-state index in [9.17, 15) is 18.0 Å². The molecule has 1 atom stereocenters. The number of carboxylic acids is 2. The van der Waals surface area contributed by atoms with Crippen molar-refractivity contribution in [3.05, 3.63) is 13.6 Å². The summed E-state index contributed by atoms with van der Waals surface area (Å²) in [6, 6.07) is -0.440. The van der Waals surface area contributed by atoms with Crippen molar-refractivity contribution in [3.8, 4) is 0 Å². The highest BCUT2D eigenvalue weighted by atomic mass is 79.9. The highest BCUT2D eigenvalue weighted by molar-refractivity contribution is 9.12. The van der Waals surface area contributed by atoms with E-state index < -0.39 is 34.4 Å². The summed E-state index contributed by atoms with van der Waals surface area (Å²) in [6.07, 6.45) is -0.850. The second-order valence-corrected chi connectivity index (χ2v) is 8.73. The highest BCUT2D eigenvalue weighted by Crippen LogP contribution is 2.34. The van der Waals surface area contributed by atoms with Gasteiger partial charge in [-0.2, -0.15) is 4.72 Å². The second-order valence-electron chi connectivity index (χ2n) is 3.30. The number of hydrogen-bond acceptors (Lipinski definition) is 5. The van der Waals surface area contributed by atoms with Gasteiger partial charge in [0.05, 0.1) is 14.0 Å². The standard InChI is InChI=1S/C8H7Br2NO6S2/c9-5-2-4(7(10)18-5)19(16,17)11-3(8(14)15)1-6(12)13/h2-3,11H,1H2,(H,12,13)(H,14,15)/t3-/m1/s1. The predicted octanol–water partition coefficient (Wildman–Crippen LogP) is 1.48. The van der Waals surface area contributed by atoms with Crippen LogP contribution in [0.15, 0.2) is 18.5 Å². The molecule has 1 aromatic heterocycles. The van der Waals surface area contributed by atoms with Crippen LogP contribution >= 0.6 is 43.2 Å². The number of rotatable bonds is 6. The lowest BCUT2D eigenvalue weighted by Gasteiger charge is -2.12. The zero-order valence-corrected chi connectivity index (χ0v) is 13.8. The fourth-order valence-corrected chi connectivity index (χ4v) is 6.11. The zero-order chi connectivity index (χ0) is 14.8. The van der Waals surface area contributed by atoms with Crippen LogP contribution in [-0.2, 0) is 19.6 Å². The third kappa shape index (κ3) is 4.53. The van der Waals surface area contributed by atoms with E-state index >= 15 is 0 Å². The first-order valence-electron chi connectivity index (χ1n) is 4.55. The molecule has 0 radical (unpaired) electrons. The minimum absolute atomic E-state index is 0.152. The SMILES string of the molecule is O=C(O)C[C@@H](NS(=O)(=O)c1cc(Br)sc1Br)C(=O)O.